The van der Waals surface area contributed by atoms with Gasteiger partial charge in [-0.25, -0.2) is 4.98 Å². The SMILES string of the molecule is Cc1cnc(COCC(=O)NC2CCC(=O)NC2(C)C)o1. The highest BCUT2D eigenvalue weighted by Crippen LogP contribution is 2.19. The van der Waals surface area contributed by atoms with E-state index in [2.05, 4.69) is 15.6 Å². The van der Waals surface area contributed by atoms with Crippen LogP contribution in [0, 0.1) is 6.92 Å². The number of aromatic nitrogens is 1. The second-order valence-electron chi connectivity index (χ2n) is 5.79. The molecule has 1 aromatic heterocycles. The Morgan fingerprint density at radius 2 is 2.38 bits per heavy atom. The summed E-state index contributed by atoms with van der Waals surface area (Å²) in [5.74, 6) is 0.955. The lowest BCUT2D eigenvalue weighted by molar-refractivity contribution is -0.131. The molecule has 1 saturated heterocycles. The summed E-state index contributed by atoms with van der Waals surface area (Å²) in [5.41, 5.74) is -0.454. The smallest absolute Gasteiger partial charge is 0.246 e. The second kappa shape index (κ2) is 6.26. The van der Waals surface area contributed by atoms with E-state index >= 15 is 0 Å². The Hall–Kier alpha value is -1.89. The highest BCUT2D eigenvalue weighted by atomic mass is 16.5. The quantitative estimate of drug-likeness (QED) is 0.833. The molecule has 7 nitrogen and oxygen atoms in total. The minimum atomic E-state index is -0.454. The van der Waals surface area contributed by atoms with E-state index in [1.54, 1.807) is 13.1 Å². The van der Waals surface area contributed by atoms with Gasteiger partial charge >= 0.3 is 0 Å². The van der Waals surface area contributed by atoms with Crippen molar-refractivity contribution in [1.82, 2.24) is 15.6 Å². The first-order valence-electron chi connectivity index (χ1n) is 6.96. The van der Waals surface area contributed by atoms with Crippen LogP contribution < -0.4 is 10.6 Å². The van der Waals surface area contributed by atoms with E-state index in [1.807, 2.05) is 13.8 Å². The zero-order chi connectivity index (χ0) is 15.5. The van der Waals surface area contributed by atoms with Crippen molar-refractivity contribution in [2.24, 2.45) is 0 Å². The number of nitrogens with zero attached hydrogens (tertiary/aromatic N) is 1. The molecule has 1 unspecified atom stereocenters. The molecule has 0 aliphatic carbocycles. The van der Waals surface area contributed by atoms with E-state index in [1.165, 1.54) is 0 Å². The summed E-state index contributed by atoms with van der Waals surface area (Å²) >= 11 is 0. The molecule has 0 spiro atoms. The van der Waals surface area contributed by atoms with Gasteiger partial charge in [0.25, 0.3) is 0 Å². The second-order valence-corrected chi connectivity index (χ2v) is 5.79. The standard InChI is InChI=1S/C14H21N3O4/c1-9-6-15-13(21-9)8-20-7-12(19)16-10-4-5-11(18)17-14(10,2)3/h6,10H,4-5,7-8H2,1-3H3,(H,16,19)(H,17,18). The molecule has 1 aliphatic rings. The lowest BCUT2D eigenvalue weighted by Gasteiger charge is -2.39. The third-order valence-corrected chi connectivity index (χ3v) is 3.46. The Morgan fingerprint density at radius 1 is 1.62 bits per heavy atom. The number of carbonyl (C=O) groups is 2. The van der Waals surface area contributed by atoms with Crippen molar-refractivity contribution in [3.05, 3.63) is 17.8 Å². The Labute approximate surface area is 123 Å². The molecule has 1 aliphatic heterocycles. The zero-order valence-electron chi connectivity index (χ0n) is 12.6. The molecule has 0 aromatic carbocycles. The van der Waals surface area contributed by atoms with E-state index in [0.29, 0.717) is 24.5 Å². The van der Waals surface area contributed by atoms with E-state index in [9.17, 15) is 9.59 Å². The molecular formula is C14H21N3O4. The first-order chi connectivity index (χ1) is 9.87. The summed E-state index contributed by atoms with van der Waals surface area (Å²) in [7, 11) is 0. The number of hydrogen-bond acceptors (Lipinski definition) is 5. The van der Waals surface area contributed by atoms with Crippen LogP contribution in [-0.4, -0.2) is 35.0 Å². The van der Waals surface area contributed by atoms with Crippen molar-refractivity contribution in [3.8, 4) is 0 Å². The third kappa shape index (κ3) is 4.29. The van der Waals surface area contributed by atoms with Crippen molar-refractivity contribution in [2.75, 3.05) is 6.61 Å². The molecule has 1 atom stereocenters. The lowest BCUT2D eigenvalue weighted by atomic mass is 9.87. The fourth-order valence-corrected chi connectivity index (χ4v) is 2.33. The molecule has 2 N–H and O–H groups in total. The van der Waals surface area contributed by atoms with Crippen LogP contribution in [0.1, 0.15) is 38.3 Å². The number of ether oxygens (including phenoxy) is 1. The van der Waals surface area contributed by atoms with Crippen molar-refractivity contribution in [3.63, 3.8) is 0 Å². The Balaban J connectivity index is 1.75. The summed E-state index contributed by atoms with van der Waals surface area (Å²) in [5, 5.41) is 5.77. The topological polar surface area (TPSA) is 93.5 Å². The van der Waals surface area contributed by atoms with Crippen LogP contribution in [0.2, 0.25) is 0 Å². The third-order valence-electron chi connectivity index (χ3n) is 3.46. The van der Waals surface area contributed by atoms with Gasteiger partial charge in [0.1, 0.15) is 19.0 Å². The molecule has 7 heteroatoms. The molecular weight excluding hydrogens is 274 g/mol. The van der Waals surface area contributed by atoms with Gasteiger partial charge in [-0.2, -0.15) is 0 Å². The summed E-state index contributed by atoms with van der Waals surface area (Å²) in [4.78, 5) is 27.2. The van der Waals surface area contributed by atoms with Gasteiger partial charge in [-0.3, -0.25) is 9.59 Å². The molecule has 116 valence electrons. The molecule has 2 heterocycles. The van der Waals surface area contributed by atoms with Crippen LogP contribution in [0.15, 0.2) is 10.6 Å². The van der Waals surface area contributed by atoms with E-state index in [-0.39, 0.29) is 31.1 Å². The van der Waals surface area contributed by atoms with Crippen LogP contribution in [-0.2, 0) is 20.9 Å². The highest BCUT2D eigenvalue weighted by Gasteiger charge is 2.36. The molecule has 0 bridgehead atoms. The van der Waals surface area contributed by atoms with E-state index < -0.39 is 5.54 Å². The number of hydrogen-bond donors (Lipinski definition) is 2. The fraction of sp³-hybridized carbons (Fsp3) is 0.643. The Bertz CT molecular complexity index is 524. The van der Waals surface area contributed by atoms with Gasteiger partial charge in [0.2, 0.25) is 17.7 Å². The number of piperidine rings is 1. The van der Waals surface area contributed by atoms with Crippen LogP contribution in [0.5, 0.6) is 0 Å². The molecule has 2 rings (SSSR count). The van der Waals surface area contributed by atoms with Gasteiger partial charge in [-0.05, 0) is 27.2 Å². The molecule has 1 aromatic rings. The average molecular weight is 295 g/mol. The number of oxazole rings is 1. The van der Waals surface area contributed by atoms with Gasteiger partial charge in [-0.1, -0.05) is 0 Å². The van der Waals surface area contributed by atoms with Crippen molar-refractivity contribution < 1.29 is 18.7 Å². The van der Waals surface area contributed by atoms with Crippen molar-refractivity contribution >= 4 is 11.8 Å². The maximum Gasteiger partial charge on any atom is 0.246 e. The number of aryl methyl sites for hydroxylation is 1. The van der Waals surface area contributed by atoms with Crippen LogP contribution in [0.3, 0.4) is 0 Å². The predicted octanol–water partition coefficient (Wildman–Crippen LogP) is 0.673. The summed E-state index contributed by atoms with van der Waals surface area (Å²) in [6, 6.07) is -0.102. The lowest BCUT2D eigenvalue weighted by Crippen LogP contribution is -2.62. The summed E-state index contributed by atoms with van der Waals surface area (Å²) in [6.07, 6.45) is 2.65. The van der Waals surface area contributed by atoms with Crippen LogP contribution in [0.25, 0.3) is 0 Å². The van der Waals surface area contributed by atoms with Gasteiger partial charge in [0, 0.05) is 6.42 Å². The fourth-order valence-electron chi connectivity index (χ4n) is 2.33. The molecule has 1 fully saturated rings. The maximum atomic E-state index is 11.9. The van der Waals surface area contributed by atoms with Crippen LogP contribution >= 0.6 is 0 Å². The van der Waals surface area contributed by atoms with Crippen molar-refractivity contribution in [2.45, 2.75) is 51.8 Å². The largest absolute Gasteiger partial charge is 0.443 e. The minimum Gasteiger partial charge on any atom is -0.443 e. The van der Waals surface area contributed by atoms with Crippen LogP contribution in [0.4, 0.5) is 0 Å². The average Bonchev–Trinajstić information content (AvgIpc) is 2.78. The highest BCUT2D eigenvalue weighted by molar-refractivity contribution is 5.80. The number of carbonyl (C=O) groups excluding carboxylic acids is 2. The van der Waals surface area contributed by atoms with Crippen molar-refractivity contribution in [1.29, 1.82) is 0 Å². The van der Waals surface area contributed by atoms with Gasteiger partial charge in [-0.15, -0.1) is 0 Å². The molecule has 2 amide bonds. The monoisotopic (exact) mass is 295 g/mol. The van der Waals surface area contributed by atoms with Gasteiger partial charge in [0.15, 0.2) is 0 Å². The first kappa shape index (κ1) is 15.5. The molecule has 0 radical (unpaired) electrons. The van der Waals surface area contributed by atoms with E-state index in [4.69, 9.17) is 9.15 Å². The van der Waals surface area contributed by atoms with E-state index in [0.717, 1.165) is 0 Å². The predicted molar refractivity (Wildman–Crippen MR) is 74.3 cm³/mol. The minimum absolute atomic E-state index is 0.0148. The molecule has 21 heavy (non-hydrogen) atoms. The van der Waals surface area contributed by atoms with Gasteiger partial charge < -0.3 is 19.8 Å². The summed E-state index contributed by atoms with van der Waals surface area (Å²) < 4.78 is 10.5. The first-order valence-corrected chi connectivity index (χ1v) is 6.96. The number of amides is 2. The number of rotatable bonds is 5. The zero-order valence-corrected chi connectivity index (χ0v) is 12.6. The maximum absolute atomic E-state index is 11.9. The Morgan fingerprint density at radius 3 is 3.00 bits per heavy atom. The summed E-state index contributed by atoms with van der Waals surface area (Å²) in [6.45, 7) is 5.67. The molecule has 0 saturated carbocycles. The van der Waals surface area contributed by atoms with Gasteiger partial charge in [0.05, 0.1) is 17.8 Å². The normalized spacial score (nSPS) is 20.9. The Kier molecular flexibility index (Phi) is 4.62. The number of nitrogens with one attached hydrogen (secondary N) is 2.